The Morgan fingerprint density at radius 2 is 2.00 bits per heavy atom. The molecule has 1 fully saturated rings. The summed E-state index contributed by atoms with van der Waals surface area (Å²) in [4.78, 5) is 7.23. The molecule has 0 saturated carbocycles. The first-order valence-electron chi connectivity index (χ1n) is 6.35. The highest BCUT2D eigenvalue weighted by Gasteiger charge is 2.20. The van der Waals surface area contributed by atoms with Gasteiger partial charge in [-0.05, 0) is 49.8 Å². The zero-order valence-electron chi connectivity index (χ0n) is 10.8. The van der Waals surface area contributed by atoms with Gasteiger partial charge in [0.2, 0.25) is 0 Å². The quantitative estimate of drug-likeness (QED) is 0.816. The number of hydrogen-bond acceptors (Lipinski definition) is 3. The highest BCUT2D eigenvalue weighted by atomic mass is 16.6. The molecule has 1 heterocycles. The summed E-state index contributed by atoms with van der Waals surface area (Å²) in [6.45, 7) is 7.30. The van der Waals surface area contributed by atoms with Gasteiger partial charge in [0.1, 0.15) is 0 Å². The van der Waals surface area contributed by atoms with Crippen LogP contribution >= 0.6 is 0 Å². The Kier molecular flexibility index (Phi) is 4.02. The number of nitrogens with zero attached hydrogens (tertiary/aromatic N) is 1. The van der Waals surface area contributed by atoms with E-state index in [1.807, 2.05) is 0 Å². The van der Waals surface area contributed by atoms with Crippen molar-refractivity contribution >= 4 is 5.69 Å². The summed E-state index contributed by atoms with van der Waals surface area (Å²) >= 11 is 0. The van der Waals surface area contributed by atoms with Crippen molar-refractivity contribution in [1.82, 2.24) is 0 Å². The van der Waals surface area contributed by atoms with Gasteiger partial charge in [0, 0.05) is 18.8 Å². The first-order chi connectivity index (χ1) is 8.22. The van der Waals surface area contributed by atoms with Crippen molar-refractivity contribution in [2.75, 3.05) is 24.6 Å². The topological polar surface area (TPSA) is 38.5 Å². The van der Waals surface area contributed by atoms with Crippen LogP contribution < -0.4 is 10.8 Å². The lowest BCUT2D eigenvalue weighted by Gasteiger charge is -2.34. The van der Waals surface area contributed by atoms with Gasteiger partial charge in [0.15, 0.2) is 0 Å². The van der Waals surface area contributed by atoms with E-state index >= 15 is 0 Å². The second kappa shape index (κ2) is 5.52. The fourth-order valence-corrected chi connectivity index (χ4v) is 2.55. The van der Waals surface area contributed by atoms with Crippen molar-refractivity contribution in [3.63, 3.8) is 0 Å². The lowest BCUT2D eigenvalue weighted by atomic mass is 9.96. The van der Waals surface area contributed by atoms with E-state index in [-0.39, 0.29) is 0 Å². The van der Waals surface area contributed by atoms with Gasteiger partial charge in [-0.15, -0.1) is 0 Å². The number of aryl methyl sites for hydroxylation is 1. The summed E-state index contributed by atoms with van der Waals surface area (Å²) in [6, 6.07) is 6.54. The first-order valence-corrected chi connectivity index (χ1v) is 6.35. The molecule has 0 amide bonds. The van der Waals surface area contributed by atoms with E-state index in [0.717, 1.165) is 13.1 Å². The third-order valence-electron chi connectivity index (χ3n) is 3.86. The van der Waals surface area contributed by atoms with Crippen molar-refractivity contribution in [2.24, 2.45) is 11.8 Å². The molecule has 0 atom stereocenters. The molecular formula is C14H22N2O. The van der Waals surface area contributed by atoms with Crippen molar-refractivity contribution in [1.29, 1.82) is 0 Å². The molecular weight excluding hydrogens is 212 g/mol. The Morgan fingerprint density at radius 3 is 2.65 bits per heavy atom. The predicted molar refractivity (Wildman–Crippen MR) is 71.0 cm³/mol. The molecule has 0 unspecified atom stereocenters. The molecule has 1 aliphatic rings. The fourth-order valence-electron chi connectivity index (χ4n) is 2.55. The Labute approximate surface area is 104 Å². The number of anilines is 1. The molecule has 3 heteroatoms. The molecule has 1 aliphatic heterocycles. The van der Waals surface area contributed by atoms with Gasteiger partial charge >= 0.3 is 0 Å². The first kappa shape index (κ1) is 12.4. The second-order valence-electron chi connectivity index (χ2n) is 4.98. The second-order valence-corrected chi connectivity index (χ2v) is 4.98. The summed E-state index contributed by atoms with van der Waals surface area (Å²) in [5.74, 6) is 5.76. The minimum absolute atomic E-state index is 0.626. The molecule has 1 saturated heterocycles. The average molecular weight is 234 g/mol. The zero-order valence-corrected chi connectivity index (χ0v) is 10.8. The van der Waals surface area contributed by atoms with E-state index in [0.29, 0.717) is 12.5 Å². The summed E-state index contributed by atoms with van der Waals surface area (Å²) in [6.07, 6.45) is 2.34. The van der Waals surface area contributed by atoms with Gasteiger partial charge in [0.25, 0.3) is 0 Å². The highest BCUT2D eigenvalue weighted by molar-refractivity contribution is 5.56. The average Bonchev–Trinajstić information content (AvgIpc) is 2.34. The lowest BCUT2D eigenvalue weighted by Crippen LogP contribution is -2.35. The van der Waals surface area contributed by atoms with Gasteiger partial charge in [-0.2, -0.15) is 0 Å². The maximum absolute atomic E-state index is 5.14. The SMILES string of the molecule is Cc1cccc(N2CCC(CON)CC2)c1C. The zero-order chi connectivity index (χ0) is 12.3. The largest absolute Gasteiger partial charge is 0.371 e. The van der Waals surface area contributed by atoms with Gasteiger partial charge < -0.3 is 9.74 Å². The summed E-state index contributed by atoms with van der Waals surface area (Å²) in [5, 5.41) is 0. The van der Waals surface area contributed by atoms with Crippen LogP contribution in [0.5, 0.6) is 0 Å². The molecule has 2 N–H and O–H groups in total. The van der Waals surface area contributed by atoms with Gasteiger partial charge in [-0.25, -0.2) is 5.90 Å². The van der Waals surface area contributed by atoms with Crippen molar-refractivity contribution < 1.29 is 4.84 Å². The molecule has 1 aromatic rings. The Balaban J connectivity index is 2.03. The number of hydrogen-bond donors (Lipinski definition) is 1. The van der Waals surface area contributed by atoms with Gasteiger partial charge in [-0.3, -0.25) is 0 Å². The molecule has 2 rings (SSSR count). The van der Waals surface area contributed by atoms with E-state index < -0.39 is 0 Å². The van der Waals surface area contributed by atoms with Crippen LogP contribution in [0.2, 0.25) is 0 Å². The summed E-state index contributed by atoms with van der Waals surface area (Å²) in [7, 11) is 0. The van der Waals surface area contributed by atoms with Crippen LogP contribution in [-0.2, 0) is 4.84 Å². The molecule has 0 aromatic heterocycles. The normalized spacial score (nSPS) is 17.5. The van der Waals surface area contributed by atoms with Crippen molar-refractivity contribution in [3.05, 3.63) is 29.3 Å². The van der Waals surface area contributed by atoms with Crippen LogP contribution in [0.4, 0.5) is 5.69 Å². The minimum Gasteiger partial charge on any atom is -0.371 e. The van der Waals surface area contributed by atoms with E-state index in [2.05, 4.69) is 36.9 Å². The number of piperidine rings is 1. The van der Waals surface area contributed by atoms with Crippen LogP contribution in [0.1, 0.15) is 24.0 Å². The van der Waals surface area contributed by atoms with Crippen LogP contribution in [0, 0.1) is 19.8 Å². The maximum atomic E-state index is 5.14. The van der Waals surface area contributed by atoms with Crippen molar-refractivity contribution in [2.45, 2.75) is 26.7 Å². The monoisotopic (exact) mass is 234 g/mol. The Bertz CT molecular complexity index is 370. The van der Waals surface area contributed by atoms with Gasteiger partial charge in [-0.1, -0.05) is 12.1 Å². The number of rotatable bonds is 3. The van der Waals surface area contributed by atoms with Crippen LogP contribution in [0.15, 0.2) is 18.2 Å². The van der Waals surface area contributed by atoms with Gasteiger partial charge in [0.05, 0.1) is 6.61 Å². The Morgan fingerprint density at radius 1 is 1.29 bits per heavy atom. The molecule has 0 aliphatic carbocycles. The molecule has 17 heavy (non-hydrogen) atoms. The van der Waals surface area contributed by atoms with E-state index in [1.165, 1.54) is 29.7 Å². The summed E-state index contributed by atoms with van der Waals surface area (Å²) < 4.78 is 0. The van der Waals surface area contributed by atoms with Crippen molar-refractivity contribution in [3.8, 4) is 0 Å². The Hall–Kier alpha value is -1.06. The standard InChI is InChI=1S/C14H22N2O/c1-11-4-3-5-14(12(11)2)16-8-6-13(7-9-16)10-17-15/h3-5,13H,6-10,15H2,1-2H3. The van der Waals surface area contributed by atoms with E-state index in [4.69, 9.17) is 10.7 Å². The number of nitrogens with two attached hydrogens (primary N) is 1. The third-order valence-corrected chi connectivity index (χ3v) is 3.86. The maximum Gasteiger partial charge on any atom is 0.0708 e. The lowest BCUT2D eigenvalue weighted by molar-refractivity contribution is 0.0918. The molecule has 3 nitrogen and oxygen atoms in total. The molecule has 94 valence electrons. The highest BCUT2D eigenvalue weighted by Crippen LogP contribution is 2.27. The molecule has 0 radical (unpaired) electrons. The smallest absolute Gasteiger partial charge is 0.0708 e. The molecule has 1 aromatic carbocycles. The van der Waals surface area contributed by atoms with Crippen LogP contribution in [-0.4, -0.2) is 19.7 Å². The predicted octanol–water partition coefficient (Wildman–Crippen LogP) is 2.41. The minimum atomic E-state index is 0.626. The summed E-state index contributed by atoms with van der Waals surface area (Å²) in [5.41, 5.74) is 4.16. The molecule has 0 spiro atoms. The van der Waals surface area contributed by atoms with E-state index in [9.17, 15) is 0 Å². The fraction of sp³-hybridized carbons (Fsp3) is 0.571. The van der Waals surface area contributed by atoms with Crippen LogP contribution in [0.3, 0.4) is 0 Å². The molecule has 0 bridgehead atoms. The van der Waals surface area contributed by atoms with E-state index in [1.54, 1.807) is 0 Å². The third kappa shape index (κ3) is 2.79. The van der Waals surface area contributed by atoms with Crippen LogP contribution in [0.25, 0.3) is 0 Å². The number of benzene rings is 1.